The normalized spacial score (nSPS) is 16.1. The van der Waals surface area contributed by atoms with Crippen LogP contribution in [0.15, 0.2) is 0 Å². The van der Waals surface area contributed by atoms with E-state index in [4.69, 9.17) is 0 Å². The molecule has 0 aliphatic heterocycles. The van der Waals surface area contributed by atoms with E-state index in [9.17, 15) is 26.0 Å². The molecule has 0 rings (SSSR count). The maximum absolute atomic E-state index is 11.9. The molecule has 8 heteroatoms. The van der Waals surface area contributed by atoms with E-state index in [-0.39, 0.29) is 0 Å². The number of hydrogen-bond donors (Lipinski definition) is 0. The molecule has 0 N–H and O–H groups in total. The van der Waals surface area contributed by atoms with Crippen LogP contribution in [0.5, 0.6) is 0 Å². The molecule has 0 aliphatic rings. The van der Waals surface area contributed by atoms with Crippen LogP contribution in [0.1, 0.15) is 6.92 Å². The van der Waals surface area contributed by atoms with Crippen molar-refractivity contribution in [2.24, 2.45) is 0 Å². The Hall–Kier alpha value is -0.370. The summed E-state index contributed by atoms with van der Waals surface area (Å²) in [5.41, 5.74) is -5.48. The number of halogens is 4. The fourth-order valence-electron chi connectivity index (χ4n) is 0.250. The third-order valence-corrected chi connectivity index (χ3v) is 1.75. The van der Waals surface area contributed by atoms with Gasteiger partial charge < -0.3 is 0 Å². The predicted octanol–water partition coefficient (Wildman–Crippen LogP) is 1.21. The number of rotatable bonds is 3. The summed E-state index contributed by atoms with van der Waals surface area (Å²) in [7, 11) is -5.63. The molecule has 3 nitrogen and oxygen atoms in total. The molecule has 1 unspecified atom stereocenters. The van der Waals surface area contributed by atoms with Crippen molar-refractivity contribution in [2.75, 3.05) is 6.61 Å². The van der Waals surface area contributed by atoms with Gasteiger partial charge in [-0.2, -0.15) is 21.6 Å². The highest BCUT2D eigenvalue weighted by Crippen LogP contribution is 2.24. The summed E-state index contributed by atoms with van der Waals surface area (Å²) >= 11 is 0. The molecule has 0 fully saturated rings. The first-order chi connectivity index (χ1) is 5.17. The monoisotopic (exact) mass is 210 g/mol. The molecule has 12 heavy (non-hydrogen) atoms. The topological polar surface area (TPSA) is 43.4 Å². The molecule has 0 bridgehead atoms. The first-order valence-electron chi connectivity index (χ1n) is 2.76. The SMILES string of the molecule is CC(F)COS(=O)(=O)C(F)(F)F. The minimum atomic E-state index is -5.63. The molecule has 0 aliphatic carbocycles. The first-order valence-corrected chi connectivity index (χ1v) is 4.17. The molecular formula is C4H6F4O3S. The van der Waals surface area contributed by atoms with Crippen LogP contribution in [0.2, 0.25) is 0 Å². The first kappa shape index (κ1) is 11.6. The van der Waals surface area contributed by atoms with Gasteiger partial charge in [-0.15, -0.1) is 0 Å². The summed E-state index contributed by atoms with van der Waals surface area (Å²) < 4.78 is 69.6. The Balaban J connectivity index is 4.27. The van der Waals surface area contributed by atoms with E-state index < -0.39 is 28.4 Å². The van der Waals surface area contributed by atoms with E-state index >= 15 is 0 Å². The van der Waals surface area contributed by atoms with Crippen molar-refractivity contribution in [1.29, 1.82) is 0 Å². The molecule has 0 spiro atoms. The molecule has 0 aromatic heterocycles. The van der Waals surface area contributed by atoms with Crippen LogP contribution in [0.4, 0.5) is 17.6 Å². The van der Waals surface area contributed by atoms with E-state index in [2.05, 4.69) is 4.18 Å². The fraction of sp³-hybridized carbons (Fsp3) is 1.00. The van der Waals surface area contributed by atoms with Gasteiger partial charge in [0.05, 0.1) is 6.61 Å². The average molecular weight is 210 g/mol. The average Bonchev–Trinajstić information content (AvgIpc) is 1.81. The van der Waals surface area contributed by atoms with Crippen LogP contribution in [-0.2, 0) is 14.3 Å². The molecule has 0 heterocycles. The smallest absolute Gasteiger partial charge is 0.260 e. The summed E-state index contributed by atoms with van der Waals surface area (Å²) in [6, 6.07) is 0. The van der Waals surface area contributed by atoms with E-state index in [1.54, 1.807) is 0 Å². The van der Waals surface area contributed by atoms with Gasteiger partial charge in [0.1, 0.15) is 6.17 Å². The van der Waals surface area contributed by atoms with Crippen LogP contribution in [0, 0.1) is 0 Å². The van der Waals surface area contributed by atoms with Gasteiger partial charge in [0, 0.05) is 0 Å². The highest BCUT2D eigenvalue weighted by molar-refractivity contribution is 7.87. The van der Waals surface area contributed by atoms with Crippen LogP contribution in [0.25, 0.3) is 0 Å². The second kappa shape index (κ2) is 3.56. The maximum Gasteiger partial charge on any atom is 0.523 e. The molecule has 0 aromatic rings. The van der Waals surface area contributed by atoms with E-state index in [1.165, 1.54) is 0 Å². The minimum Gasteiger partial charge on any atom is -0.260 e. The van der Waals surface area contributed by atoms with Crippen molar-refractivity contribution in [1.82, 2.24) is 0 Å². The quantitative estimate of drug-likeness (QED) is 0.399. The molecule has 0 saturated heterocycles. The van der Waals surface area contributed by atoms with Gasteiger partial charge in [0.25, 0.3) is 0 Å². The Morgan fingerprint density at radius 3 is 2.08 bits per heavy atom. The van der Waals surface area contributed by atoms with Gasteiger partial charge >= 0.3 is 15.6 Å². The van der Waals surface area contributed by atoms with Crippen molar-refractivity contribution >= 4 is 10.1 Å². The Bertz CT molecular complexity index is 229. The Labute approximate surface area is 66.4 Å². The zero-order valence-electron chi connectivity index (χ0n) is 5.93. The molecule has 0 amide bonds. The maximum atomic E-state index is 11.9. The Morgan fingerprint density at radius 1 is 1.42 bits per heavy atom. The second-order valence-electron chi connectivity index (χ2n) is 1.97. The zero-order chi connectivity index (χ0) is 9.99. The zero-order valence-corrected chi connectivity index (χ0v) is 6.75. The Morgan fingerprint density at radius 2 is 1.83 bits per heavy atom. The summed E-state index contributed by atoms with van der Waals surface area (Å²) in [4.78, 5) is 0. The van der Waals surface area contributed by atoms with Crippen molar-refractivity contribution in [3.8, 4) is 0 Å². The van der Waals surface area contributed by atoms with Crippen molar-refractivity contribution in [2.45, 2.75) is 18.6 Å². The number of hydrogen-bond acceptors (Lipinski definition) is 3. The summed E-state index contributed by atoms with van der Waals surface area (Å²) in [6.45, 7) is -0.242. The van der Waals surface area contributed by atoms with E-state index in [0.29, 0.717) is 0 Å². The Kier molecular flexibility index (Phi) is 3.45. The van der Waals surface area contributed by atoms with Crippen LogP contribution in [0.3, 0.4) is 0 Å². The summed E-state index contributed by atoms with van der Waals surface area (Å²) in [5.74, 6) is 0. The van der Waals surface area contributed by atoms with Gasteiger partial charge in [-0.1, -0.05) is 0 Å². The second-order valence-corrected chi connectivity index (χ2v) is 3.57. The van der Waals surface area contributed by atoms with Crippen molar-refractivity contribution in [3.63, 3.8) is 0 Å². The van der Waals surface area contributed by atoms with Crippen LogP contribution in [-0.4, -0.2) is 26.7 Å². The van der Waals surface area contributed by atoms with Gasteiger partial charge in [0.15, 0.2) is 0 Å². The predicted molar refractivity (Wildman–Crippen MR) is 31.5 cm³/mol. The molecule has 0 aromatic carbocycles. The lowest BCUT2D eigenvalue weighted by atomic mass is 10.5. The number of alkyl halides is 4. The standard InChI is InChI=1S/C4H6F4O3S/c1-3(5)2-11-12(9,10)4(6,7)8/h3H,2H2,1H3. The lowest BCUT2D eigenvalue weighted by Crippen LogP contribution is -2.27. The molecule has 1 atom stereocenters. The third-order valence-electron chi connectivity index (χ3n) is 0.736. The molecule has 0 radical (unpaired) electrons. The van der Waals surface area contributed by atoms with Crippen LogP contribution < -0.4 is 0 Å². The molecular weight excluding hydrogens is 204 g/mol. The molecule has 74 valence electrons. The van der Waals surface area contributed by atoms with Crippen LogP contribution >= 0.6 is 0 Å². The van der Waals surface area contributed by atoms with Gasteiger partial charge in [-0.25, -0.2) is 4.39 Å². The van der Waals surface area contributed by atoms with E-state index in [0.717, 1.165) is 6.92 Å². The summed E-state index contributed by atoms with van der Waals surface area (Å²) in [5, 5.41) is 0. The van der Waals surface area contributed by atoms with Crippen molar-refractivity contribution < 1.29 is 30.2 Å². The minimum absolute atomic E-state index is 0.881. The lowest BCUT2D eigenvalue weighted by Gasteiger charge is -2.07. The lowest BCUT2D eigenvalue weighted by molar-refractivity contribution is -0.0551. The summed E-state index contributed by atoms with van der Waals surface area (Å²) in [6.07, 6.45) is -1.76. The fourth-order valence-corrected chi connectivity index (χ4v) is 0.750. The van der Waals surface area contributed by atoms with Crippen molar-refractivity contribution in [3.05, 3.63) is 0 Å². The van der Waals surface area contributed by atoms with Gasteiger partial charge in [-0.3, -0.25) is 4.18 Å². The third kappa shape index (κ3) is 3.35. The van der Waals surface area contributed by atoms with E-state index in [1.807, 2.05) is 0 Å². The highest BCUT2D eigenvalue weighted by atomic mass is 32.2. The largest absolute Gasteiger partial charge is 0.523 e. The highest BCUT2D eigenvalue weighted by Gasteiger charge is 2.47. The van der Waals surface area contributed by atoms with Gasteiger partial charge in [-0.05, 0) is 6.92 Å². The van der Waals surface area contributed by atoms with Gasteiger partial charge in [0.2, 0.25) is 0 Å². The molecule has 0 saturated carbocycles.